The van der Waals surface area contributed by atoms with E-state index in [1.54, 1.807) is 0 Å². The largest absolute Gasteiger partial charge is 0.485 e. The van der Waals surface area contributed by atoms with Gasteiger partial charge < -0.3 is 14.8 Å². The summed E-state index contributed by atoms with van der Waals surface area (Å²) >= 11 is 3.78. The Morgan fingerprint density at radius 2 is 1.89 bits per heavy atom. The van der Waals surface area contributed by atoms with Gasteiger partial charge >= 0.3 is 5.97 Å². The summed E-state index contributed by atoms with van der Waals surface area (Å²) in [5, 5.41) is 2.75. The fourth-order valence-corrected chi connectivity index (χ4v) is 4.07. The highest BCUT2D eigenvalue weighted by molar-refractivity contribution is 14.1. The predicted molar refractivity (Wildman–Crippen MR) is 120 cm³/mol. The van der Waals surface area contributed by atoms with Crippen molar-refractivity contribution in [2.24, 2.45) is 0 Å². The Morgan fingerprint density at radius 1 is 1.21 bits per heavy atom. The highest BCUT2D eigenvalue weighted by Crippen LogP contribution is 2.33. The van der Waals surface area contributed by atoms with Gasteiger partial charge in [-0.15, -0.1) is 11.3 Å². The average molecular weight is 515 g/mol. The van der Waals surface area contributed by atoms with E-state index in [-0.39, 0.29) is 30.9 Å². The first-order chi connectivity index (χ1) is 13.3. The van der Waals surface area contributed by atoms with E-state index in [4.69, 9.17) is 4.74 Å². The van der Waals surface area contributed by atoms with Crippen LogP contribution in [0.2, 0.25) is 0 Å². The number of carbonyl (C=O) groups is 2. The molecule has 0 bridgehead atoms. The lowest BCUT2D eigenvalue weighted by atomic mass is 10.1. The third-order valence-electron chi connectivity index (χ3n) is 4.25. The van der Waals surface area contributed by atoms with E-state index < -0.39 is 0 Å². The SMILES string of the molecule is CCCC(Oc1cc(C)c(I)c(C)c1)c1ccc(C(=O)NCCC(=O)OC)s1. The average Bonchev–Trinajstić information content (AvgIpc) is 3.15. The fourth-order valence-electron chi connectivity index (χ4n) is 2.78. The summed E-state index contributed by atoms with van der Waals surface area (Å²) in [4.78, 5) is 25.1. The summed E-state index contributed by atoms with van der Waals surface area (Å²) in [7, 11) is 1.33. The van der Waals surface area contributed by atoms with Crippen LogP contribution in [-0.2, 0) is 9.53 Å². The van der Waals surface area contributed by atoms with Crippen molar-refractivity contribution in [2.75, 3.05) is 13.7 Å². The van der Waals surface area contributed by atoms with Crippen LogP contribution in [0.15, 0.2) is 24.3 Å². The number of benzene rings is 1. The van der Waals surface area contributed by atoms with Gasteiger partial charge in [0.05, 0.1) is 18.4 Å². The molecule has 1 aromatic heterocycles. The molecule has 1 atom stereocenters. The van der Waals surface area contributed by atoms with Crippen LogP contribution in [0.25, 0.3) is 0 Å². The molecule has 0 saturated heterocycles. The quantitative estimate of drug-likeness (QED) is 0.369. The van der Waals surface area contributed by atoms with E-state index in [0.717, 1.165) is 23.5 Å². The second-order valence-electron chi connectivity index (χ2n) is 6.55. The van der Waals surface area contributed by atoms with Gasteiger partial charge in [0.1, 0.15) is 11.9 Å². The highest BCUT2D eigenvalue weighted by atomic mass is 127. The number of nitrogens with one attached hydrogen (secondary N) is 1. The summed E-state index contributed by atoms with van der Waals surface area (Å²) < 4.78 is 12.1. The third kappa shape index (κ3) is 6.20. The minimum absolute atomic E-state index is 0.0921. The number of ether oxygens (including phenoxy) is 2. The van der Waals surface area contributed by atoms with Crippen molar-refractivity contribution in [1.29, 1.82) is 0 Å². The van der Waals surface area contributed by atoms with Crippen LogP contribution >= 0.6 is 33.9 Å². The van der Waals surface area contributed by atoms with Crippen LogP contribution in [0.5, 0.6) is 5.75 Å². The molecule has 0 aliphatic heterocycles. The molecule has 0 aliphatic carbocycles. The molecular weight excluding hydrogens is 489 g/mol. The molecule has 0 aliphatic rings. The molecule has 7 heteroatoms. The number of rotatable bonds is 9. The van der Waals surface area contributed by atoms with Gasteiger partial charge in [-0.2, -0.15) is 0 Å². The molecule has 1 unspecified atom stereocenters. The van der Waals surface area contributed by atoms with Crippen molar-refractivity contribution in [3.63, 3.8) is 0 Å². The summed E-state index contributed by atoms with van der Waals surface area (Å²) in [5.74, 6) is 0.328. The topological polar surface area (TPSA) is 64.6 Å². The molecule has 0 fully saturated rings. The normalized spacial score (nSPS) is 11.8. The predicted octanol–water partition coefficient (Wildman–Crippen LogP) is 5.18. The Hall–Kier alpha value is -1.61. The van der Waals surface area contributed by atoms with Crippen molar-refractivity contribution in [3.05, 3.63) is 48.7 Å². The summed E-state index contributed by atoms with van der Waals surface area (Å²) in [5.41, 5.74) is 2.39. The number of esters is 1. The molecule has 152 valence electrons. The maximum absolute atomic E-state index is 12.3. The number of amides is 1. The van der Waals surface area contributed by atoms with E-state index >= 15 is 0 Å². The Balaban J connectivity index is 2.08. The van der Waals surface area contributed by atoms with Gasteiger partial charge in [0.2, 0.25) is 0 Å². The molecule has 1 heterocycles. The maximum atomic E-state index is 12.3. The van der Waals surface area contributed by atoms with Crippen molar-refractivity contribution in [2.45, 2.75) is 46.1 Å². The first kappa shape index (κ1) is 22.7. The van der Waals surface area contributed by atoms with E-state index in [0.29, 0.717) is 4.88 Å². The molecule has 0 radical (unpaired) electrons. The van der Waals surface area contributed by atoms with Crippen LogP contribution in [0.4, 0.5) is 0 Å². The summed E-state index contributed by atoms with van der Waals surface area (Å²) in [6, 6.07) is 7.88. The number of carbonyl (C=O) groups excluding carboxylic acids is 2. The van der Waals surface area contributed by atoms with E-state index in [9.17, 15) is 9.59 Å². The molecule has 1 aromatic carbocycles. The van der Waals surface area contributed by atoms with Gasteiger partial charge in [-0.25, -0.2) is 0 Å². The van der Waals surface area contributed by atoms with Gasteiger partial charge in [0, 0.05) is 15.0 Å². The smallest absolute Gasteiger partial charge is 0.307 e. The van der Waals surface area contributed by atoms with Crippen LogP contribution in [0.1, 0.15) is 58.0 Å². The number of methoxy groups -OCH3 is 1. The number of hydrogen-bond donors (Lipinski definition) is 1. The van der Waals surface area contributed by atoms with Crippen LogP contribution in [0, 0.1) is 17.4 Å². The zero-order valence-corrected chi connectivity index (χ0v) is 19.6. The standard InChI is InChI=1S/C21H26INO4S/c1-5-6-16(27-15-11-13(2)20(22)14(3)12-15)17-7-8-18(28-17)21(25)23-10-9-19(24)26-4/h7-8,11-12,16H,5-6,9-10H2,1-4H3,(H,23,25). The Kier molecular flexibility index (Phi) is 8.75. The monoisotopic (exact) mass is 515 g/mol. The molecule has 1 amide bonds. The zero-order chi connectivity index (χ0) is 20.7. The lowest BCUT2D eigenvalue weighted by molar-refractivity contribution is -0.140. The van der Waals surface area contributed by atoms with Crippen LogP contribution in [0.3, 0.4) is 0 Å². The van der Waals surface area contributed by atoms with E-state index in [1.165, 1.54) is 33.1 Å². The summed E-state index contributed by atoms with van der Waals surface area (Å²) in [6.45, 7) is 6.54. The second kappa shape index (κ2) is 10.8. The Bertz CT molecular complexity index is 811. The van der Waals surface area contributed by atoms with Crippen molar-refractivity contribution in [1.82, 2.24) is 5.32 Å². The molecule has 1 N–H and O–H groups in total. The van der Waals surface area contributed by atoms with Crippen LogP contribution in [-0.4, -0.2) is 25.5 Å². The third-order valence-corrected chi connectivity index (χ3v) is 7.13. The van der Waals surface area contributed by atoms with Crippen molar-refractivity contribution in [3.8, 4) is 5.75 Å². The maximum Gasteiger partial charge on any atom is 0.307 e. The number of hydrogen-bond acceptors (Lipinski definition) is 5. The highest BCUT2D eigenvalue weighted by Gasteiger charge is 2.18. The van der Waals surface area contributed by atoms with E-state index in [2.05, 4.69) is 65.5 Å². The van der Waals surface area contributed by atoms with Gasteiger partial charge in [0.25, 0.3) is 5.91 Å². The van der Waals surface area contributed by atoms with Gasteiger partial charge in [0.15, 0.2) is 0 Å². The fraction of sp³-hybridized carbons (Fsp3) is 0.429. The molecule has 2 aromatic rings. The first-order valence-electron chi connectivity index (χ1n) is 9.23. The molecule has 0 saturated carbocycles. The van der Waals surface area contributed by atoms with Gasteiger partial charge in [-0.3, -0.25) is 9.59 Å². The van der Waals surface area contributed by atoms with Crippen molar-refractivity contribution < 1.29 is 19.1 Å². The van der Waals surface area contributed by atoms with Gasteiger partial charge in [-0.1, -0.05) is 13.3 Å². The first-order valence-corrected chi connectivity index (χ1v) is 11.1. The Morgan fingerprint density at radius 3 is 2.50 bits per heavy atom. The van der Waals surface area contributed by atoms with E-state index in [1.807, 2.05) is 12.1 Å². The van der Waals surface area contributed by atoms with Crippen LogP contribution < -0.4 is 10.1 Å². The zero-order valence-electron chi connectivity index (χ0n) is 16.6. The van der Waals surface area contributed by atoms with Crippen molar-refractivity contribution >= 4 is 45.8 Å². The number of thiophene rings is 1. The van der Waals surface area contributed by atoms with Gasteiger partial charge in [-0.05, 0) is 78.3 Å². The molecular formula is C21H26INO4S. The minimum Gasteiger partial charge on any atom is -0.485 e. The molecule has 28 heavy (non-hydrogen) atoms. The Labute approximate surface area is 184 Å². The lowest BCUT2D eigenvalue weighted by Crippen LogP contribution is -2.25. The minimum atomic E-state index is -0.341. The number of halogens is 1. The second-order valence-corrected chi connectivity index (χ2v) is 8.74. The lowest BCUT2D eigenvalue weighted by Gasteiger charge is -2.19. The number of aryl methyl sites for hydroxylation is 2. The molecule has 0 spiro atoms. The summed E-state index contributed by atoms with van der Waals surface area (Å²) in [6.07, 6.45) is 1.91. The molecule has 2 rings (SSSR count). The molecule has 5 nitrogen and oxygen atoms in total.